The summed E-state index contributed by atoms with van der Waals surface area (Å²) in [6.45, 7) is 2.82. The number of aliphatic hydroxyl groups is 1. The standard InChI is InChI=1S/C16H19ClN2OS/c17-13-3-1-12(2-4-13)9-16-18-14(11-21-16)10-19-7-5-15(20)6-8-19/h1-4,11,15,20H,5-10H2. The SMILES string of the molecule is OC1CCN(Cc2csc(Cc3ccc(Cl)cc3)n2)CC1. The molecule has 3 rings (SSSR count). The van der Waals surface area contributed by atoms with Crippen LogP contribution in [0.25, 0.3) is 0 Å². The highest BCUT2D eigenvalue weighted by molar-refractivity contribution is 7.09. The fourth-order valence-electron chi connectivity index (χ4n) is 2.59. The van der Waals surface area contributed by atoms with Crippen molar-refractivity contribution in [3.63, 3.8) is 0 Å². The number of hydrogen-bond acceptors (Lipinski definition) is 4. The third-order valence-electron chi connectivity index (χ3n) is 3.81. The van der Waals surface area contributed by atoms with Gasteiger partial charge in [0.05, 0.1) is 16.8 Å². The maximum atomic E-state index is 9.53. The van der Waals surface area contributed by atoms with Gasteiger partial charge in [-0.1, -0.05) is 23.7 Å². The van der Waals surface area contributed by atoms with Crippen molar-refractivity contribution >= 4 is 22.9 Å². The summed E-state index contributed by atoms with van der Waals surface area (Å²) in [6, 6.07) is 7.94. The van der Waals surface area contributed by atoms with Gasteiger partial charge in [0, 0.05) is 36.5 Å². The fourth-order valence-corrected chi connectivity index (χ4v) is 3.53. The Labute approximate surface area is 134 Å². The van der Waals surface area contributed by atoms with E-state index in [0.717, 1.165) is 54.6 Å². The van der Waals surface area contributed by atoms with E-state index in [0.29, 0.717) is 0 Å². The molecule has 1 aliphatic rings. The quantitative estimate of drug-likeness (QED) is 0.938. The van der Waals surface area contributed by atoms with E-state index in [2.05, 4.69) is 22.4 Å². The molecule has 0 spiro atoms. The topological polar surface area (TPSA) is 36.4 Å². The van der Waals surface area contributed by atoms with Gasteiger partial charge in [-0.25, -0.2) is 4.98 Å². The smallest absolute Gasteiger partial charge is 0.0972 e. The number of likely N-dealkylation sites (tertiary alicyclic amines) is 1. The van der Waals surface area contributed by atoms with E-state index >= 15 is 0 Å². The lowest BCUT2D eigenvalue weighted by molar-refractivity contribution is 0.0787. The van der Waals surface area contributed by atoms with E-state index in [4.69, 9.17) is 16.6 Å². The lowest BCUT2D eigenvalue weighted by Gasteiger charge is -2.28. The Morgan fingerprint density at radius 2 is 1.95 bits per heavy atom. The molecule has 0 saturated carbocycles. The van der Waals surface area contributed by atoms with Gasteiger partial charge in [-0.2, -0.15) is 0 Å². The molecule has 5 heteroatoms. The summed E-state index contributed by atoms with van der Waals surface area (Å²) < 4.78 is 0. The normalized spacial score (nSPS) is 17.2. The minimum atomic E-state index is -0.114. The van der Waals surface area contributed by atoms with Gasteiger partial charge in [0.2, 0.25) is 0 Å². The molecule has 112 valence electrons. The van der Waals surface area contributed by atoms with Crippen LogP contribution in [-0.4, -0.2) is 34.2 Å². The molecule has 1 aromatic carbocycles. The summed E-state index contributed by atoms with van der Waals surface area (Å²) in [6.07, 6.45) is 2.50. The summed E-state index contributed by atoms with van der Waals surface area (Å²) in [5.74, 6) is 0. The maximum Gasteiger partial charge on any atom is 0.0972 e. The molecule has 1 N–H and O–H groups in total. The van der Waals surface area contributed by atoms with Crippen LogP contribution >= 0.6 is 22.9 Å². The summed E-state index contributed by atoms with van der Waals surface area (Å²) in [5.41, 5.74) is 2.38. The van der Waals surface area contributed by atoms with Crippen molar-refractivity contribution in [2.45, 2.75) is 31.9 Å². The van der Waals surface area contributed by atoms with Gasteiger partial charge in [0.25, 0.3) is 0 Å². The van der Waals surface area contributed by atoms with Gasteiger partial charge in [0.15, 0.2) is 0 Å². The van der Waals surface area contributed by atoms with Crippen molar-refractivity contribution in [2.75, 3.05) is 13.1 Å². The fraction of sp³-hybridized carbons (Fsp3) is 0.438. The lowest BCUT2D eigenvalue weighted by atomic mass is 10.1. The second-order valence-electron chi connectivity index (χ2n) is 5.54. The molecule has 21 heavy (non-hydrogen) atoms. The summed E-state index contributed by atoms with van der Waals surface area (Å²) in [7, 11) is 0. The minimum Gasteiger partial charge on any atom is -0.393 e. The van der Waals surface area contributed by atoms with Crippen LogP contribution in [-0.2, 0) is 13.0 Å². The predicted molar refractivity (Wildman–Crippen MR) is 86.9 cm³/mol. The van der Waals surface area contributed by atoms with Crippen molar-refractivity contribution in [3.05, 3.63) is 50.9 Å². The predicted octanol–water partition coefficient (Wildman–Crippen LogP) is 3.34. The first-order valence-electron chi connectivity index (χ1n) is 7.27. The van der Waals surface area contributed by atoms with Gasteiger partial charge in [-0.15, -0.1) is 11.3 Å². The Hall–Kier alpha value is -0.940. The van der Waals surface area contributed by atoms with Crippen molar-refractivity contribution < 1.29 is 5.11 Å². The van der Waals surface area contributed by atoms with Crippen LogP contribution in [0.3, 0.4) is 0 Å². The first kappa shape index (κ1) is 15.0. The average molecular weight is 323 g/mol. The number of hydrogen-bond donors (Lipinski definition) is 1. The monoisotopic (exact) mass is 322 g/mol. The summed E-state index contributed by atoms with van der Waals surface area (Å²) in [4.78, 5) is 7.09. The zero-order valence-corrected chi connectivity index (χ0v) is 13.4. The second-order valence-corrected chi connectivity index (χ2v) is 6.92. The number of aliphatic hydroxyl groups excluding tert-OH is 1. The van der Waals surface area contributed by atoms with E-state index in [1.54, 1.807) is 11.3 Å². The van der Waals surface area contributed by atoms with E-state index in [1.165, 1.54) is 5.56 Å². The Balaban J connectivity index is 1.57. The van der Waals surface area contributed by atoms with Gasteiger partial charge in [0.1, 0.15) is 0 Å². The molecular weight excluding hydrogens is 304 g/mol. The van der Waals surface area contributed by atoms with Crippen LogP contribution < -0.4 is 0 Å². The van der Waals surface area contributed by atoms with Crippen molar-refractivity contribution in [3.8, 4) is 0 Å². The molecule has 0 atom stereocenters. The highest BCUT2D eigenvalue weighted by Gasteiger charge is 2.17. The third-order valence-corrected chi connectivity index (χ3v) is 4.96. The van der Waals surface area contributed by atoms with E-state index in [1.807, 2.05) is 12.1 Å². The lowest BCUT2D eigenvalue weighted by Crippen LogP contribution is -2.35. The molecule has 1 aromatic heterocycles. The Morgan fingerprint density at radius 3 is 2.67 bits per heavy atom. The summed E-state index contributed by atoms with van der Waals surface area (Å²) >= 11 is 7.62. The number of piperidine rings is 1. The maximum absolute atomic E-state index is 9.53. The van der Waals surface area contributed by atoms with Crippen LogP contribution in [0.1, 0.15) is 29.1 Å². The summed E-state index contributed by atoms with van der Waals surface area (Å²) in [5, 5.41) is 13.6. The zero-order valence-electron chi connectivity index (χ0n) is 11.8. The molecule has 1 saturated heterocycles. The number of aromatic nitrogens is 1. The van der Waals surface area contributed by atoms with E-state index < -0.39 is 0 Å². The van der Waals surface area contributed by atoms with Crippen LogP contribution in [0, 0.1) is 0 Å². The van der Waals surface area contributed by atoms with Gasteiger partial charge >= 0.3 is 0 Å². The Bertz CT molecular complexity index is 576. The Morgan fingerprint density at radius 1 is 1.24 bits per heavy atom. The number of thiazole rings is 1. The number of rotatable bonds is 4. The number of halogens is 1. The van der Waals surface area contributed by atoms with Gasteiger partial charge < -0.3 is 5.11 Å². The third kappa shape index (κ3) is 4.27. The molecule has 0 bridgehead atoms. The highest BCUT2D eigenvalue weighted by atomic mass is 35.5. The molecule has 0 radical (unpaired) electrons. The number of benzene rings is 1. The first-order valence-corrected chi connectivity index (χ1v) is 8.53. The van der Waals surface area contributed by atoms with E-state index in [9.17, 15) is 5.11 Å². The molecular formula is C16H19ClN2OS. The molecule has 0 unspecified atom stereocenters. The molecule has 1 fully saturated rings. The van der Waals surface area contributed by atoms with Crippen molar-refractivity contribution in [1.29, 1.82) is 0 Å². The average Bonchev–Trinajstić information content (AvgIpc) is 2.91. The molecule has 2 aromatic rings. The molecule has 0 aliphatic carbocycles. The first-order chi connectivity index (χ1) is 10.2. The van der Waals surface area contributed by atoms with Gasteiger partial charge in [-0.05, 0) is 30.5 Å². The molecule has 1 aliphatic heterocycles. The number of nitrogens with zero attached hydrogens (tertiary/aromatic N) is 2. The molecule has 2 heterocycles. The van der Waals surface area contributed by atoms with E-state index in [-0.39, 0.29) is 6.10 Å². The van der Waals surface area contributed by atoms with Gasteiger partial charge in [-0.3, -0.25) is 4.90 Å². The molecule has 3 nitrogen and oxygen atoms in total. The highest BCUT2D eigenvalue weighted by Crippen LogP contribution is 2.19. The molecule has 0 amide bonds. The second kappa shape index (κ2) is 6.88. The Kier molecular flexibility index (Phi) is 4.91. The van der Waals surface area contributed by atoms with Crippen LogP contribution in [0.5, 0.6) is 0 Å². The largest absolute Gasteiger partial charge is 0.393 e. The van der Waals surface area contributed by atoms with Crippen molar-refractivity contribution in [2.24, 2.45) is 0 Å². The van der Waals surface area contributed by atoms with Crippen molar-refractivity contribution in [1.82, 2.24) is 9.88 Å². The van der Waals surface area contributed by atoms with Crippen LogP contribution in [0.4, 0.5) is 0 Å². The van der Waals surface area contributed by atoms with Crippen LogP contribution in [0.2, 0.25) is 5.02 Å². The minimum absolute atomic E-state index is 0.114. The zero-order chi connectivity index (χ0) is 14.7. The van der Waals surface area contributed by atoms with Crippen LogP contribution in [0.15, 0.2) is 29.6 Å².